The molecule has 4 heteroatoms. The third kappa shape index (κ3) is 3.12. The van der Waals surface area contributed by atoms with Crippen molar-refractivity contribution in [1.82, 2.24) is 4.90 Å². The highest BCUT2D eigenvalue weighted by molar-refractivity contribution is 6.27. The molecule has 2 saturated heterocycles. The predicted molar refractivity (Wildman–Crippen MR) is 125 cm³/mol. The lowest BCUT2D eigenvalue weighted by Gasteiger charge is -2.55. The van der Waals surface area contributed by atoms with Crippen LogP contribution < -0.4 is 4.90 Å². The lowest BCUT2D eigenvalue weighted by Crippen LogP contribution is -2.52. The molecule has 1 atom stereocenters. The molecular formula is C27H37N3O. The second kappa shape index (κ2) is 6.91. The van der Waals surface area contributed by atoms with Gasteiger partial charge in [0.25, 0.3) is 0 Å². The second-order valence-corrected chi connectivity index (χ2v) is 12.0. The molecule has 1 aromatic rings. The topological polar surface area (TPSA) is 35.9 Å². The largest absolute Gasteiger partial charge is 0.293 e. The van der Waals surface area contributed by atoms with Crippen molar-refractivity contribution >= 4 is 17.4 Å². The molecule has 166 valence electrons. The molecule has 4 nitrogen and oxygen atoms in total. The number of carbonyl (C=O) groups is 1. The van der Waals surface area contributed by atoms with Crippen LogP contribution in [0, 0.1) is 30.1 Å². The molecule has 7 rings (SSSR count). The maximum Gasteiger partial charge on any atom is 0.240 e. The summed E-state index contributed by atoms with van der Waals surface area (Å²) in [5.41, 5.74) is 1.85. The van der Waals surface area contributed by atoms with Crippen LogP contribution in [-0.2, 0) is 4.79 Å². The van der Waals surface area contributed by atoms with E-state index >= 15 is 0 Å². The molecule has 0 aromatic heterocycles. The standard InChI is InChI=1S/C27H37N3O/c1-18-6-8-22(9-7-18)30-24(23(26(2,3)25(30)31)29-10-4-5-11-29)28-27-15-19-12-20(16-27)14-21(13-19)17-27/h6-9,19-21,23H,4-5,10-17H2,1-3H3/t19?,20?,21?,23-,27?/m0/s1. The number of amidine groups is 1. The van der Waals surface area contributed by atoms with E-state index < -0.39 is 5.41 Å². The van der Waals surface area contributed by atoms with Crippen molar-refractivity contribution in [3.05, 3.63) is 29.8 Å². The van der Waals surface area contributed by atoms with E-state index in [4.69, 9.17) is 4.99 Å². The van der Waals surface area contributed by atoms with Crippen molar-refractivity contribution in [3.8, 4) is 0 Å². The highest BCUT2D eigenvalue weighted by atomic mass is 16.2. The highest BCUT2D eigenvalue weighted by Gasteiger charge is 2.57. The Morgan fingerprint density at radius 2 is 1.45 bits per heavy atom. The highest BCUT2D eigenvalue weighted by Crippen LogP contribution is 2.58. The third-order valence-corrected chi connectivity index (χ3v) is 9.07. The van der Waals surface area contributed by atoms with Crippen LogP contribution in [0.2, 0.25) is 0 Å². The number of anilines is 1. The number of aliphatic imine (C=N–C) groups is 1. The molecule has 4 bridgehead atoms. The van der Waals surface area contributed by atoms with Crippen LogP contribution in [0.15, 0.2) is 29.3 Å². The van der Waals surface area contributed by atoms with E-state index in [-0.39, 0.29) is 17.5 Å². The van der Waals surface area contributed by atoms with Gasteiger partial charge in [0, 0.05) is 0 Å². The van der Waals surface area contributed by atoms with Crippen LogP contribution in [-0.4, -0.2) is 41.3 Å². The molecule has 4 aliphatic carbocycles. The van der Waals surface area contributed by atoms with Gasteiger partial charge in [0.1, 0.15) is 5.84 Å². The van der Waals surface area contributed by atoms with E-state index in [2.05, 4.69) is 49.9 Å². The summed E-state index contributed by atoms with van der Waals surface area (Å²) in [6.45, 7) is 8.59. The van der Waals surface area contributed by atoms with Crippen molar-refractivity contribution in [2.24, 2.45) is 28.2 Å². The first-order valence-corrected chi connectivity index (χ1v) is 12.6. The van der Waals surface area contributed by atoms with Crippen molar-refractivity contribution < 1.29 is 4.79 Å². The molecular weight excluding hydrogens is 382 g/mol. The van der Waals surface area contributed by atoms with Gasteiger partial charge in [-0.3, -0.25) is 19.6 Å². The molecule has 0 radical (unpaired) electrons. The Kier molecular flexibility index (Phi) is 4.45. The molecule has 1 aromatic carbocycles. The van der Waals surface area contributed by atoms with Crippen molar-refractivity contribution in [2.75, 3.05) is 18.0 Å². The Balaban J connectivity index is 1.48. The molecule has 6 aliphatic rings. The number of likely N-dealkylation sites (tertiary alicyclic amines) is 1. The minimum Gasteiger partial charge on any atom is -0.293 e. The van der Waals surface area contributed by atoms with E-state index in [1.54, 1.807) is 0 Å². The summed E-state index contributed by atoms with van der Waals surface area (Å²) >= 11 is 0. The van der Waals surface area contributed by atoms with Gasteiger partial charge < -0.3 is 0 Å². The van der Waals surface area contributed by atoms with Gasteiger partial charge in [-0.25, -0.2) is 0 Å². The average molecular weight is 420 g/mol. The van der Waals surface area contributed by atoms with Gasteiger partial charge in [-0.15, -0.1) is 0 Å². The van der Waals surface area contributed by atoms with Crippen LogP contribution in [0.1, 0.15) is 70.8 Å². The smallest absolute Gasteiger partial charge is 0.240 e. The Hall–Kier alpha value is -1.68. The molecule has 0 N–H and O–H groups in total. The zero-order valence-electron chi connectivity index (χ0n) is 19.4. The summed E-state index contributed by atoms with van der Waals surface area (Å²) in [6, 6.07) is 8.58. The Bertz CT molecular complexity index is 874. The van der Waals surface area contributed by atoms with Gasteiger partial charge in [-0.2, -0.15) is 0 Å². The normalized spacial score (nSPS) is 40.4. The SMILES string of the molecule is Cc1ccc(N2C(=O)C(C)(C)[C@@H](N3CCCC3)C2=NC23CC4CC(CC(C4)C2)C3)cc1. The van der Waals surface area contributed by atoms with Crippen LogP contribution in [0.4, 0.5) is 5.69 Å². The van der Waals surface area contributed by atoms with Crippen molar-refractivity contribution in [2.45, 2.75) is 83.7 Å². The summed E-state index contributed by atoms with van der Waals surface area (Å²) in [6.07, 6.45) is 10.5. The van der Waals surface area contributed by atoms with E-state index in [1.165, 1.54) is 56.9 Å². The Morgan fingerprint density at radius 1 is 0.903 bits per heavy atom. The maximum atomic E-state index is 13.9. The minimum absolute atomic E-state index is 0.0751. The number of aryl methyl sites for hydroxylation is 1. The number of rotatable bonds is 3. The number of amides is 1. The number of benzene rings is 1. The number of carbonyl (C=O) groups excluding carboxylic acids is 1. The van der Waals surface area contributed by atoms with E-state index in [0.29, 0.717) is 0 Å². The number of nitrogens with zero attached hydrogens (tertiary/aromatic N) is 3. The number of hydrogen-bond donors (Lipinski definition) is 0. The average Bonchev–Trinajstić information content (AvgIpc) is 3.27. The summed E-state index contributed by atoms with van der Waals surface area (Å²) in [4.78, 5) is 24.2. The van der Waals surface area contributed by atoms with Crippen LogP contribution in [0.5, 0.6) is 0 Å². The molecule has 6 fully saturated rings. The maximum absolute atomic E-state index is 13.9. The van der Waals surface area contributed by atoms with E-state index in [9.17, 15) is 4.79 Å². The van der Waals surface area contributed by atoms with Crippen LogP contribution in [0.3, 0.4) is 0 Å². The lowest BCUT2D eigenvalue weighted by atomic mass is 9.53. The fourth-order valence-electron chi connectivity index (χ4n) is 8.07. The fourth-order valence-corrected chi connectivity index (χ4v) is 8.07. The summed E-state index contributed by atoms with van der Waals surface area (Å²) in [5.74, 6) is 3.86. The van der Waals surface area contributed by atoms with Gasteiger partial charge in [0.05, 0.1) is 22.7 Å². The first-order chi connectivity index (χ1) is 14.8. The van der Waals surface area contributed by atoms with E-state index in [1.807, 2.05) is 4.90 Å². The van der Waals surface area contributed by atoms with Gasteiger partial charge in [0.2, 0.25) is 5.91 Å². The molecule has 0 unspecified atom stereocenters. The third-order valence-electron chi connectivity index (χ3n) is 9.07. The Labute approximate surface area is 187 Å². The zero-order chi connectivity index (χ0) is 21.4. The summed E-state index contributed by atoms with van der Waals surface area (Å²) in [5, 5.41) is 0. The molecule has 1 amide bonds. The minimum atomic E-state index is -0.448. The quantitative estimate of drug-likeness (QED) is 0.675. The Morgan fingerprint density at radius 3 is 2.00 bits per heavy atom. The van der Waals surface area contributed by atoms with Gasteiger partial charge in [-0.1, -0.05) is 17.7 Å². The van der Waals surface area contributed by atoms with Gasteiger partial charge in [0.15, 0.2) is 0 Å². The first kappa shape index (κ1) is 20.0. The summed E-state index contributed by atoms with van der Waals surface area (Å²) < 4.78 is 0. The molecule has 31 heavy (non-hydrogen) atoms. The predicted octanol–water partition coefficient (Wildman–Crippen LogP) is 5.20. The molecule has 2 aliphatic heterocycles. The van der Waals surface area contributed by atoms with Crippen molar-refractivity contribution in [1.29, 1.82) is 0 Å². The fraction of sp³-hybridized carbons (Fsp3) is 0.704. The summed E-state index contributed by atoms with van der Waals surface area (Å²) in [7, 11) is 0. The monoisotopic (exact) mass is 419 g/mol. The van der Waals surface area contributed by atoms with Crippen molar-refractivity contribution in [3.63, 3.8) is 0 Å². The van der Waals surface area contributed by atoms with E-state index in [0.717, 1.165) is 42.4 Å². The number of hydrogen-bond acceptors (Lipinski definition) is 3. The first-order valence-electron chi connectivity index (χ1n) is 12.6. The lowest BCUT2D eigenvalue weighted by molar-refractivity contribution is -0.125. The molecule has 0 spiro atoms. The van der Waals surface area contributed by atoms with Gasteiger partial charge >= 0.3 is 0 Å². The molecule has 2 heterocycles. The van der Waals surface area contributed by atoms with Crippen LogP contribution >= 0.6 is 0 Å². The second-order valence-electron chi connectivity index (χ2n) is 12.0. The van der Waals surface area contributed by atoms with Gasteiger partial charge in [-0.05, 0) is 115 Å². The molecule has 4 saturated carbocycles. The van der Waals surface area contributed by atoms with Crippen LogP contribution in [0.25, 0.3) is 0 Å². The zero-order valence-corrected chi connectivity index (χ0v) is 19.4.